The first-order valence-electron chi connectivity index (χ1n) is 7.18. The molecule has 0 saturated carbocycles. The van der Waals surface area contributed by atoms with Gasteiger partial charge in [0.15, 0.2) is 0 Å². The van der Waals surface area contributed by atoms with Crippen molar-refractivity contribution >= 4 is 5.91 Å². The van der Waals surface area contributed by atoms with Crippen LogP contribution in [0.15, 0.2) is 24.3 Å². The molecule has 1 fully saturated rings. The van der Waals surface area contributed by atoms with Crippen molar-refractivity contribution in [1.29, 1.82) is 0 Å². The van der Waals surface area contributed by atoms with Gasteiger partial charge < -0.3 is 10.6 Å². The Morgan fingerprint density at radius 3 is 2.42 bits per heavy atom. The van der Waals surface area contributed by atoms with Gasteiger partial charge in [-0.05, 0) is 29.4 Å². The van der Waals surface area contributed by atoms with Crippen LogP contribution in [0.2, 0.25) is 0 Å². The van der Waals surface area contributed by atoms with Gasteiger partial charge in [-0.2, -0.15) is 0 Å². The average Bonchev–Trinajstić information content (AvgIpc) is 2.39. The minimum absolute atomic E-state index is 0.0569. The summed E-state index contributed by atoms with van der Waals surface area (Å²) in [5.74, 6) is 1.01. The maximum Gasteiger partial charge on any atom is 0.237 e. The van der Waals surface area contributed by atoms with Crippen LogP contribution in [0.25, 0.3) is 0 Å². The number of benzene rings is 1. The Morgan fingerprint density at radius 1 is 1.16 bits per heavy atom. The van der Waals surface area contributed by atoms with E-state index in [1.807, 2.05) is 0 Å². The maximum atomic E-state index is 11.8. The molecule has 2 unspecified atom stereocenters. The number of piperazine rings is 1. The fourth-order valence-corrected chi connectivity index (χ4v) is 2.60. The molecule has 1 saturated heterocycles. The highest BCUT2D eigenvalue weighted by Gasteiger charge is 2.26. The standard InChI is InChI=1S/C16H24N2O/c1-11(2)14-6-4-13(5-7-14)10-12(3)15-16(19)18-9-8-17-15/h4-7,11-12,15,17H,8-10H2,1-3H3,(H,18,19). The topological polar surface area (TPSA) is 41.1 Å². The summed E-state index contributed by atoms with van der Waals surface area (Å²) in [6.45, 7) is 8.15. The van der Waals surface area contributed by atoms with Gasteiger partial charge in [-0.3, -0.25) is 4.79 Å². The van der Waals surface area contributed by atoms with E-state index in [1.54, 1.807) is 0 Å². The number of carbonyl (C=O) groups excluding carboxylic acids is 1. The number of rotatable bonds is 4. The lowest BCUT2D eigenvalue weighted by Gasteiger charge is -2.28. The van der Waals surface area contributed by atoms with Gasteiger partial charge >= 0.3 is 0 Å². The summed E-state index contributed by atoms with van der Waals surface area (Å²) in [7, 11) is 0. The van der Waals surface area contributed by atoms with Crippen molar-refractivity contribution in [1.82, 2.24) is 10.6 Å². The lowest BCUT2D eigenvalue weighted by atomic mass is 9.91. The molecule has 0 aromatic heterocycles. The zero-order valence-corrected chi connectivity index (χ0v) is 12.1. The van der Waals surface area contributed by atoms with Crippen LogP contribution in [0.4, 0.5) is 0 Å². The van der Waals surface area contributed by atoms with Crippen molar-refractivity contribution in [3.8, 4) is 0 Å². The van der Waals surface area contributed by atoms with E-state index >= 15 is 0 Å². The highest BCUT2D eigenvalue weighted by Crippen LogP contribution is 2.18. The minimum atomic E-state index is -0.0569. The predicted molar refractivity (Wildman–Crippen MR) is 78.2 cm³/mol. The van der Waals surface area contributed by atoms with E-state index in [1.165, 1.54) is 11.1 Å². The molecule has 104 valence electrons. The lowest BCUT2D eigenvalue weighted by molar-refractivity contribution is -0.125. The molecular weight excluding hydrogens is 236 g/mol. The molecule has 1 aromatic rings. The summed E-state index contributed by atoms with van der Waals surface area (Å²) in [6, 6.07) is 8.71. The van der Waals surface area contributed by atoms with Gasteiger partial charge in [0.1, 0.15) is 0 Å². The maximum absolute atomic E-state index is 11.8. The number of hydrogen-bond donors (Lipinski definition) is 2. The van der Waals surface area contributed by atoms with Crippen molar-refractivity contribution in [2.24, 2.45) is 5.92 Å². The Morgan fingerprint density at radius 2 is 1.84 bits per heavy atom. The molecular formula is C16H24N2O. The van der Waals surface area contributed by atoms with E-state index < -0.39 is 0 Å². The second-order valence-corrected chi connectivity index (χ2v) is 5.80. The van der Waals surface area contributed by atoms with E-state index in [4.69, 9.17) is 0 Å². The third-order valence-corrected chi connectivity index (χ3v) is 3.84. The molecule has 2 rings (SSSR count). The molecule has 2 atom stereocenters. The summed E-state index contributed by atoms with van der Waals surface area (Å²) in [5, 5.41) is 6.23. The van der Waals surface area contributed by atoms with Gasteiger partial charge in [0.05, 0.1) is 6.04 Å². The smallest absolute Gasteiger partial charge is 0.237 e. The Bertz CT molecular complexity index is 425. The first-order valence-corrected chi connectivity index (χ1v) is 7.18. The van der Waals surface area contributed by atoms with Gasteiger partial charge in [-0.1, -0.05) is 45.0 Å². The zero-order chi connectivity index (χ0) is 13.8. The van der Waals surface area contributed by atoms with Crippen molar-refractivity contribution < 1.29 is 4.79 Å². The summed E-state index contributed by atoms with van der Waals surface area (Å²) < 4.78 is 0. The normalized spacial score (nSPS) is 21.3. The molecule has 0 bridgehead atoms. The van der Waals surface area contributed by atoms with Crippen molar-refractivity contribution in [3.05, 3.63) is 35.4 Å². The third kappa shape index (κ3) is 3.57. The molecule has 3 heteroatoms. The molecule has 1 aliphatic rings. The molecule has 3 nitrogen and oxygen atoms in total. The number of carbonyl (C=O) groups is 1. The average molecular weight is 260 g/mol. The van der Waals surface area contributed by atoms with Crippen LogP contribution in [0.1, 0.15) is 37.8 Å². The van der Waals surface area contributed by atoms with Crippen molar-refractivity contribution in [3.63, 3.8) is 0 Å². The summed E-state index contributed by atoms with van der Waals surface area (Å²) >= 11 is 0. The number of hydrogen-bond acceptors (Lipinski definition) is 2. The highest BCUT2D eigenvalue weighted by molar-refractivity contribution is 5.82. The molecule has 0 radical (unpaired) electrons. The largest absolute Gasteiger partial charge is 0.353 e. The summed E-state index contributed by atoms with van der Waals surface area (Å²) in [6.07, 6.45) is 0.934. The second-order valence-electron chi connectivity index (χ2n) is 5.80. The Kier molecular flexibility index (Phi) is 4.59. The summed E-state index contributed by atoms with van der Waals surface area (Å²) in [4.78, 5) is 11.8. The van der Waals surface area contributed by atoms with Gasteiger partial charge in [0.2, 0.25) is 5.91 Å². The highest BCUT2D eigenvalue weighted by atomic mass is 16.2. The SMILES string of the molecule is CC(C)c1ccc(CC(C)C2NCCNC2=O)cc1. The first kappa shape index (κ1) is 14.1. The Hall–Kier alpha value is -1.35. The lowest BCUT2D eigenvalue weighted by Crippen LogP contribution is -2.55. The van der Waals surface area contributed by atoms with Gasteiger partial charge in [0, 0.05) is 13.1 Å². The minimum Gasteiger partial charge on any atom is -0.353 e. The van der Waals surface area contributed by atoms with Crippen LogP contribution in [-0.2, 0) is 11.2 Å². The molecule has 0 spiro atoms. The van der Waals surface area contributed by atoms with E-state index in [-0.39, 0.29) is 11.9 Å². The number of nitrogens with one attached hydrogen (secondary N) is 2. The Balaban J connectivity index is 1.98. The Labute approximate surface area is 115 Å². The molecule has 1 amide bonds. The second kappa shape index (κ2) is 6.20. The molecule has 1 aromatic carbocycles. The zero-order valence-electron chi connectivity index (χ0n) is 12.1. The van der Waals surface area contributed by atoms with Crippen LogP contribution in [0.3, 0.4) is 0 Å². The number of amides is 1. The monoisotopic (exact) mass is 260 g/mol. The molecule has 0 aliphatic carbocycles. The molecule has 19 heavy (non-hydrogen) atoms. The van der Waals surface area contributed by atoms with Gasteiger partial charge in [-0.25, -0.2) is 0 Å². The first-order chi connectivity index (χ1) is 9.08. The van der Waals surface area contributed by atoms with Crippen LogP contribution >= 0.6 is 0 Å². The fourth-order valence-electron chi connectivity index (χ4n) is 2.60. The van der Waals surface area contributed by atoms with Gasteiger partial charge in [0.25, 0.3) is 0 Å². The predicted octanol–water partition coefficient (Wildman–Crippen LogP) is 2.08. The van der Waals surface area contributed by atoms with Crippen molar-refractivity contribution in [2.75, 3.05) is 13.1 Å². The van der Waals surface area contributed by atoms with Crippen LogP contribution in [-0.4, -0.2) is 25.0 Å². The molecule has 1 aliphatic heterocycles. The quantitative estimate of drug-likeness (QED) is 0.870. The van der Waals surface area contributed by atoms with E-state index in [9.17, 15) is 4.79 Å². The van der Waals surface area contributed by atoms with Crippen molar-refractivity contribution in [2.45, 2.75) is 39.2 Å². The van der Waals surface area contributed by atoms with E-state index in [2.05, 4.69) is 55.7 Å². The molecule has 1 heterocycles. The van der Waals surface area contributed by atoms with Crippen LogP contribution in [0, 0.1) is 5.92 Å². The summed E-state index contributed by atoms with van der Waals surface area (Å²) in [5.41, 5.74) is 2.67. The third-order valence-electron chi connectivity index (χ3n) is 3.84. The molecule has 2 N–H and O–H groups in total. The fraction of sp³-hybridized carbons (Fsp3) is 0.562. The van der Waals surface area contributed by atoms with Gasteiger partial charge in [-0.15, -0.1) is 0 Å². The van der Waals surface area contributed by atoms with E-state index in [0.29, 0.717) is 11.8 Å². The van der Waals surface area contributed by atoms with Crippen LogP contribution in [0.5, 0.6) is 0 Å². The van der Waals surface area contributed by atoms with E-state index in [0.717, 1.165) is 19.5 Å². The van der Waals surface area contributed by atoms with Crippen LogP contribution < -0.4 is 10.6 Å².